The smallest absolute Gasteiger partial charge is 0.325 e. The summed E-state index contributed by atoms with van der Waals surface area (Å²) in [5.74, 6) is -1.09. The van der Waals surface area contributed by atoms with E-state index in [2.05, 4.69) is 15.4 Å². The number of methoxy groups -OCH3 is 1. The van der Waals surface area contributed by atoms with Crippen molar-refractivity contribution >= 4 is 23.5 Å². The van der Waals surface area contributed by atoms with Gasteiger partial charge in [0.25, 0.3) is 0 Å². The number of hydrogen-bond acceptors (Lipinski definition) is 9. The van der Waals surface area contributed by atoms with Crippen molar-refractivity contribution in [2.75, 3.05) is 19.0 Å². The van der Waals surface area contributed by atoms with E-state index in [1.54, 1.807) is 18.2 Å². The van der Waals surface area contributed by atoms with Crippen molar-refractivity contribution in [1.29, 1.82) is 0 Å². The number of carbonyl (C=O) groups excluding carboxylic acids is 3. The molecule has 1 aliphatic heterocycles. The zero-order valence-electron chi connectivity index (χ0n) is 20.2. The summed E-state index contributed by atoms with van der Waals surface area (Å²) in [6.45, 7) is 9.06. The van der Waals surface area contributed by atoms with Gasteiger partial charge in [-0.15, -0.1) is 0 Å². The Bertz CT molecular complexity index is 784. The Balaban J connectivity index is 0.00000265. The summed E-state index contributed by atoms with van der Waals surface area (Å²) in [5, 5.41) is 15.9. The van der Waals surface area contributed by atoms with E-state index >= 15 is 0 Å². The van der Waals surface area contributed by atoms with Crippen LogP contribution in [0.2, 0.25) is 0 Å². The normalized spacial score (nSPS) is 19.6. The van der Waals surface area contributed by atoms with Gasteiger partial charge in [-0.3, -0.25) is 14.4 Å². The van der Waals surface area contributed by atoms with Gasteiger partial charge in [-0.05, 0) is 31.5 Å². The highest BCUT2D eigenvalue weighted by Gasteiger charge is 2.34. The molecule has 1 amide bonds. The first kappa shape index (κ1) is 28.2. The molecule has 10 nitrogen and oxygen atoms in total. The third-order valence-corrected chi connectivity index (χ3v) is 4.38. The molecule has 3 atom stereocenters. The summed E-state index contributed by atoms with van der Waals surface area (Å²) < 4.78 is 21.2. The molecule has 0 saturated carbocycles. The van der Waals surface area contributed by atoms with Crippen LogP contribution in [0, 0.1) is 0 Å². The quantitative estimate of drug-likeness (QED) is 0.466. The zero-order valence-corrected chi connectivity index (χ0v) is 20.2. The molecule has 0 aliphatic carbocycles. The van der Waals surface area contributed by atoms with Crippen LogP contribution in [0.3, 0.4) is 0 Å². The molecule has 0 radical (unpaired) electrons. The summed E-state index contributed by atoms with van der Waals surface area (Å²) >= 11 is 0. The Hall–Kier alpha value is -2.85. The monoisotopic (exact) mass is 468 g/mol. The second-order valence-electron chi connectivity index (χ2n) is 7.50. The number of amides is 1. The van der Waals surface area contributed by atoms with E-state index in [1.807, 2.05) is 27.7 Å². The summed E-state index contributed by atoms with van der Waals surface area (Å²) in [6, 6.07) is 5.44. The van der Waals surface area contributed by atoms with Crippen LogP contribution in [0.15, 0.2) is 18.2 Å². The van der Waals surface area contributed by atoms with Gasteiger partial charge in [-0.1, -0.05) is 19.9 Å². The van der Waals surface area contributed by atoms with E-state index in [0.29, 0.717) is 17.0 Å². The van der Waals surface area contributed by atoms with Crippen molar-refractivity contribution in [2.24, 2.45) is 0 Å². The van der Waals surface area contributed by atoms with Gasteiger partial charge in [0.15, 0.2) is 0 Å². The second-order valence-corrected chi connectivity index (χ2v) is 7.50. The number of esters is 2. The first-order valence-corrected chi connectivity index (χ1v) is 11.1. The van der Waals surface area contributed by atoms with Crippen molar-refractivity contribution in [3.63, 3.8) is 0 Å². The predicted octanol–water partition coefficient (Wildman–Crippen LogP) is 2.13. The Kier molecular flexibility index (Phi) is 12.2. The molecule has 3 N–H and O–H groups in total. The minimum atomic E-state index is -0.982. The molecule has 3 unspecified atom stereocenters. The van der Waals surface area contributed by atoms with Crippen LogP contribution in [0.25, 0.3) is 0 Å². The van der Waals surface area contributed by atoms with Gasteiger partial charge in [0.05, 0.1) is 18.9 Å². The van der Waals surface area contributed by atoms with Gasteiger partial charge >= 0.3 is 11.9 Å². The lowest BCUT2D eigenvalue weighted by molar-refractivity contribution is -0.184. The average molecular weight is 469 g/mol. The van der Waals surface area contributed by atoms with Gasteiger partial charge < -0.3 is 34.7 Å². The Morgan fingerprint density at radius 2 is 1.91 bits per heavy atom. The number of aliphatic hydroxyl groups is 1. The number of ether oxygens (including phenoxy) is 4. The van der Waals surface area contributed by atoms with Crippen molar-refractivity contribution in [1.82, 2.24) is 5.32 Å². The summed E-state index contributed by atoms with van der Waals surface area (Å²) in [4.78, 5) is 34.6. The zero-order chi connectivity index (χ0) is 25.0. The fourth-order valence-corrected chi connectivity index (χ4v) is 2.96. The average Bonchev–Trinajstić information content (AvgIpc) is 2.77. The van der Waals surface area contributed by atoms with Crippen LogP contribution in [0.4, 0.5) is 5.69 Å². The lowest BCUT2D eigenvalue weighted by Crippen LogP contribution is -2.47. The first-order valence-electron chi connectivity index (χ1n) is 11.1. The maximum Gasteiger partial charge on any atom is 0.325 e. The molecule has 1 aliphatic rings. The largest absolute Gasteiger partial charge is 0.468 e. The minimum Gasteiger partial charge on any atom is -0.468 e. The number of carbonyl (C=O) groups is 3. The third kappa shape index (κ3) is 10.1. The van der Waals surface area contributed by atoms with E-state index in [-0.39, 0.29) is 32.0 Å². The molecule has 1 aromatic rings. The molecule has 33 heavy (non-hydrogen) atoms. The van der Waals surface area contributed by atoms with E-state index < -0.39 is 36.3 Å². The van der Waals surface area contributed by atoms with Gasteiger partial charge in [0.1, 0.15) is 25.0 Å². The fraction of sp³-hybridized carbons (Fsp3) is 0.609. The fourth-order valence-electron chi connectivity index (χ4n) is 2.96. The maximum absolute atomic E-state index is 12.3. The van der Waals surface area contributed by atoms with Crippen LogP contribution in [-0.2, 0) is 35.2 Å². The van der Waals surface area contributed by atoms with E-state index in [9.17, 15) is 19.5 Å². The van der Waals surface area contributed by atoms with Crippen LogP contribution in [0.1, 0.15) is 53.0 Å². The predicted molar refractivity (Wildman–Crippen MR) is 122 cm³/mol. The molecular weight excluding hydrogens is 432 g/mol. The summed E-state index contributed by atoms with van der Waals surface area (Å²) in [5.41, 5.74) is 1.40. The number of aliphatic hydroxyl groups excluding tert-OH is 1. The molecule has 0 spiro atoms. The lowest BCUT2D eigenvalue weighted by Gasteiger charge is -2.33. The van der Waals surface area contributed by atoms with Crippen molar-refractivity contribution in [3.8, 4) is 5.75 Å². The van der Waals surface area contributed by atoms with Gasteiger partial charge in [-0.2, -0.15) is 0 Å². The topological polar surface area (TPSA) is 132 Å². The lowest BCUT2D eigenvalue weighted by atomic mass is 10.0. The van der Waals surface area contributed by atoms with Crippen molar-refractivity contribution < 1.29 is 38.4 Å². The molecule has 1 fully saturated rings. The van der Waals surface area contributed by atoms with Crippen molar-refractivity contribution in [2.45, 2.75) is 78.6 Å². The molecule has 1 saturated heterocycles. The standard InChI is InChI=1S/C21H30N2O8.C2H6/c1-12(2)23-16-6-5-14(11-29-13(3)24)7-17(16)30-20-9-15(25)8-18(31-20)21(27)22-10-19(26)28-4;1-2/h5-7,12,15,18,20,23,25H,8-11H2,1-4H3,(H,22,27);1-2H3. The molecule has 186 valence electrons. The van der Waals surface area contributed by atoms with Gasteiger partial charge in [0.2, 0.25) is 12.2 Å². The number of benzene rings is 1. The second kappa shape index (κ2) is 14.3. The number of rotatable bonds is 9. The van der Waals surface area contributed by atoms with E-state index in [1.165, 1.54) is 14.0 Å². The molecule has 2 rings (SSSR count). The highest BCUT2D eigenvalue weighted by Crippen LogP contribution is 2.31. The summed E-state index contributed by atoms with van der Waals surface area (Å²) in [6.07, 6.45) is -2.45. The molecular formula is C23H36N2O8. The molecule has 10 heteroatoms. The Morgan fingerprint density at radius 3 is 2.52 bits per heavy atom. The van der Waals surface area contributed by atoms with E-state index in [0.717, 1.165) is 0 Å². The highest BCUT2D eigenvalue weighted by molar-refractivity contribution is 5.85. The number of anilines is 1. The third-order valence-electron chi connectivity index (χ3n) is 4.38. The molecule has 1 aromatic carbocycles. The van der Waals surface area contributed by atoms with Gasteiger partial charge in [0, 0.05) is 25.8 Å². The van der Waals surface area contributed by atoms with Gasteiger partial charge in [-0.25, -0.2) is 0 Å². The number of hydrogen-bond donors (Lipinski definition) is 3. The Morgan fingerprint density at radius 1 is 1.21 bits per heavy atom. The van der Waals surface area contributed by atoms with Crippen LogP contribution in [-0.4, -0.2) is 61.1 Å². The highest BCUT2D eigenvalue weighted by atomic mass is 16.7. The minimum absolute atomic E-state index is 0.0798. The SMILES string of the molecule is CC.COC(=O)CNC(=O)C1CC(O)CC(Oc2cc(COC(C)=O)ccc2NC(C)C)O1. The van der Waals surface area contributed by atoms with Crippen LogP contribution >= 0.6 is 0 Å². The van der Waals surface area contributed by atoms with Crippen LogP contribution < -0.4 is 15.4 Å². The van der Waals surface area contributed by atoms with Crippen molar-refractivity contribution in [3.05, 3.63) is 23.8 Å². The van der Waals surface area contributed by atoms with Crippen LogP contribution in [0.5, 0.6) is 5.75 Å². The summed E-state index contributed by atoms with van der Waals surface area (Å²) in [7, 11) is 1.22. The Labute approximate surface area is 194 Å². The number of nitrogens with one attached hydrogen (secondary N) is 2. The van der Waals surface area contributed by atoms with E-state index in [4.69, 9.17) is 14.2 Å². The maximum atomic E-state index is 12.3. The molecule has 0 bridgehead atoms. The molecule has 0 aromatic heterocycles. The molecule has 1 heterocycles. The first-order chi connectivity index (χ1) is 15.7.